The molecule has 0 unspecified atom stereocenters. The molecule has 0 bridgehead atoms. The summed E-state index contributed by atoms with van der Waals surface area (Å²) in [6.45, 7) is 17.4. The first-order valence-electron chi connectivity index (χ1n) is 22.2. The Bertz CT molecular complexity index is 1710. The summed E-state index contributed by atoms with van der Waals surface area (Å²) in [5, 5.41) is 46.5. The standard InChI is InChI=1S/C46H79NO14S/c1-16-34-46(10,53)39(50)27(4)36(48)25(2)22-45(9,56-13)41(28(5)38(29(6)42(52)59-34)60-35-23-44(8,55-12)40(51)30(7)58-35)61-43-37(49)33(20-26(3)57-43)47(11)24-31-18-17-19-32(21-31)62(14,15)54/h17-19,21,25-30,33-35,37-41,43,49-51,53,62H,16,20,22-24H2,1-15H3/t25-,26-,27-,28+,29-,30+,33+,34+,35+,37-,38+,39-,40+,41-,43+,44+,45-,46-/m1/s1. The van der Waals surface area contributed by atoms with Crippen LogP contribution in [0.3, 0.4) is 0 Å². The molecule has 0 amide bonds. The molecular weight excluding hydrogens is 823 g/mol. The van der Waals surface area contributed by atoms with Crippen LogP contribution in [0.5, 0.6) is 0 Å². The monoisotopic (exact) mass is 902 g/mol. The van der Waals surface area contributed by atoms with Crippen LogP contribution >= 0.6 is 0 Å². The van der Waals surface area contributed by atoms with Crippen LogP contribution in [0.15, 0.2) is 29.2 Å². The molecule has 1 aromatic carbocycles. The molecule has 18 atom stereocenters. The third kappa shape index (κ3) is 11.5. The maximum absolute atomic E-state index is 14.4. The van der Waals surface area contributed by atoms with Crippen molar-refractivity contribution in [2.75, 3.05) is 33.8 Å². The number of methoxy groups -OCH3 is 2. The molecule has 0 saturated carbocycles. The van der Waals surface area contributed by atoms with Gasteiger partial charge in [0.15, 0.2) is 12.6 Å². The van der Waals surface area contributed by atoms with Gasteiger partial charge in [0.2, 0.25) is 0 Å². The normalized spacial score (nSPS) is 43.5. The van der Waals surface area contributed by atoms with Gasteiger partial charge in [-0.05, 0) is 98.1 Å². The molecule has 3 aliphatic rings. The van der Waals surface area contributed by atoms with E-state index in [1.54, 1.807) is 61.0 Å². The highest BCUT2D eigenvalue weighted by Gasteiger charge is 2.54. The largest absolute Gasteiger partial charge is 0.459 e. The number of ketones is 1. The maximum Gasteiger partial charge on any atom is 0.311 e. The van der Waals surface area contributed by atoms with Gasteiger partial charge < -0.3 is 53.6 Å². The molecule has 15 nitrogen and oxygen atoms in total. The first-order valence-corrected chi connectivity index (χ1v) is 24.8. The number of carbonyl (C=O) groups is 2. The van der Waals surface area contributed by atoms with Gasteiger partial charge in [0.1, 0.15) is 29.7 Å². The van der Waals surface area contributed by atoms with Gasteiger partial charge in [-0.25, -0.2) is 0 Å². The van der Waals surface area contributed by atoms with E-state index in [0.29, 0.717) is 13.0 Å². The number of cyclic esters (lactones) is 1. The van der Waals surface area contributed by atoms with Crippen molar-refractivity contribution in [1.29, 1.82) is 0 Å². The number of aliphatic hydroxyl groups excluding tert-OH is 3. The lowest BCUT2D eigenvalue weighted by Gasteiger charge is -2.50. The smallest absolute Gasteiger partial charge is 0.311 e. The lowest BCUT2D eigenvalue weighted by Crippen LogP contribution is -2.61. The average Bonchev–Trinajstić information content (AvgIpc) is 3.21. The molecule has 16 heteroatoms. The minimum Gasteiger partial charge on any atom is -0.459 e. The van der Waals surface area contributed by atoms with Crippen molar-refractivity contribution < 1.29 is 67.4 Å². The summed E-state index contributed by atoms with van der Waals surface area (Å²) in [7, 11) is 2.40. The van der Waals surface area contributed by atoms with Gasteiger partial charge >= 0.3 is 5.97 Å². The minimum absolute atomic E-state index is 0.0704. The predicted octanol–water partition coefficient (Wildman–Crippen LogP) is 3.65. The average molecular weight is 902 g/mol. The van der Waals surface area contributed by atoms with Crippen molar-refractivity contribution in [3.05, 3.63) is 29.8 Å². The number of thiol groups is 1. The quantitative estimate of drug-likeness (QED) is 0.159. The number of esters is 1. The molecule has 358 valence electrons. The first-order chi connectivity index (χ1) is 28.6. The van der Waals surface area contributed by atoms with Crippen LogP contribution in [0.2, 0.25) is 0 Å². The Morgan fingerprint density at radius 2 is 1.52 bits per heavy atom. The Kier molecular flexibility index (Phi) is 17.6. The molecule has 0 radical (unpaired) electrons. The van der Waals surface area contributed by atoms with Crippen molar-refractivity contribution in [2.24, 2.45) is 23.7 Å². The summed E-state index contributed by atoms with van der Waals surface area (Å²) < 4.78 is 57.5. The third-order valence-corrected chi connectivity index (χ3v) is 15.7. The highest BCUT2D eigenvalue weighted by Crippen LogP contribution is 2.42. The van der Waals surface area contributed by atoms with Gasteiger partial charge in [0.25, 0.3) is 0 Å². The Hall–Kier alpha value is -1.93. The van der Waals surface area contributed by atoms with E-state index in [1.165, 1.54) is 21.1 Å². The van der Waals surface area contributed by atoms with Gasteiger partial charge in [-0.3, -0.25) is 18.7 Å². The van der Waals surface area contributed by atoms with E-state index in [-0.39, 0.29) is 31.1 Å². The summed E-state index contributed by atoms with van der Waals surface area (Å²) >= 11 is 0. The number of benzene rings is 1. The van der Waals surface area contributed by atoms with Gasteiger partial charge in [0, 0.05) is 55.9 Å². The summed E-state index contributed by atoms with van der Waals surface area (Å²) in [6, 6.07) is 7.21. The van der Waals surface area contributed by atoms with Crippen molar-refractivity contribution in [2.45, 2.75) is 191 Å². The SMILES string of the molecule is CC[C@@H]1OC(=O)[C@H](C)[C@@H](O[C@H]2C[C@](C)(OC)[C@@H](O)[C@H](C)O2)[C@H](C)[C@@H](O[C@@H]2O[C@H](C)C[C@H](N(C)Cc3cccc([SH](C)(C)=O)c3)[C@H]2O)[C@](C)(OC)C[C@@H](C)C(=O)[C@@H](C)[C@@H](O)[C@]1(C)O. The van der Waals surface area contributed by atoms with Crippen LogP contribution in [-0.2, 0) is 59.2 Å². The second-order valence-electron chi connectivity index (χ2n) is 19.6. The fraction of sp³-hybridized carbons (Fsp3) is 0.826. The lowest BCUT2D eigenvalue weighted by molar-refractivity contribution is -0.319. The molecule has 3 saturated heterocycles. The van der Waals surface area contributed by atoms with Crippen molar-refractivity contribution in [3.8, 4) is 0 Å². The maximum atomic E-state index is 14.4. The van der Waals surface area contributed by atoms with Crippen molar-refractivity contribution >= 4 is 21.7 Å². The second-order valence-corrected chi connectivity index (χ2v) is 22.8. The Balaban J connectivity index is 1.82. The fourth-order valence-corrected chi connectivity index (χ4v) is 10.8. The highest BCUT2D eigenvalue weighted by molar-refractivity contribution is 8.01. The molecule has 4 rings (SSSR count). The molecule has 0 aliphatic carbocycles. The van der Waals surface area contributed by atoms with Crippen molar-refractivity contribution in [1.82, 2.24) is 4.90 Å². The van der Waals surface area contributed by atoms with E-state index in [2.05, 4.69) is 0 Å². The Morgan fingerprint density at radius 1 is 0.887 bits per heavy atom. The van der Waals surface area contributed by atoms with Gasteiger partial charge in [0.05, 0.1) is 47.6 Å². The molecule has 0 spiro atoms. The zero-order valence-corrected chi connectivity index (χ0v) is 40.7. The number of hydrogen-bond acceptors (Lipinski definition) is 15. The fourth-order valence-electron chi connectivity index (χ4n) is 9.90. The molecule has 1 aromatic rings. The van der Waals surface area contributed by atoms with E-state index >= 15 is 0 Å². The molecule has 62 heavy (non-hydrogen) atoms. The Labute approximate surface area is 370 Å². The molecule has 3 heterocycles. The van der Waals surface area contributed by atoms with Crippen LogP contribution in [0.25, 0.3) is 0 Å². The number of aliphatic hydroxyl groups is 4. The van der Waals surface area contributed by atoms with E-state index in [1.807, 2.05) is 50.1 Å². The van der Waals surface area contributed by atoms with E-state index < -0.39 is 118 Å². The Morgan fingerprint density at radius 3 is 2.10 bits per heavy atom. The molecule has 3 aliphatic heterocycles. The summed E-state index contributed by atoms with van der Waals surface area (Å²) in [6.07, 6.45) is -6.06. The van der Waals surface area contributed by atoms with Crippen LogP contribution < -0.4 is 0 Å². The van der Waals surface area contributed by atoms with Gasteiger partial charge in [-0.1, -0.05) is 49.8 Å². The molecule has 3 fully saturated rings. The summed E-state index contributed by atoms with van der Waals surface area (Å²) in [5.41, 5.74) is -3.44. The third-order valence-electron chi connectivity index (χ3n) is 14.1. The lowest BCUT2D eigenvalue weighted by atomic mass is 9.74. The minimum atomic E-state index is -2.51. The van der Waals surface area contributed by atoms with Gasteiger partial charge in [-0.15, -0.1) is 0 Å². The number of carbonyl (C=O) groups excluding carboxylic acids is 2. The van der Waals surface area contributed by atoms with Crippen LogP contribution in [0.4, 0.5) is 0 Å². The number of nitrogens with zero attached hydrogens (tertiary/aromatic N) is 1. The zero-order chi connectivity index (χ0) is 46.9. The van der Waals surface area contributed by atoms with Crippen LogP contribution in [-0.4, -0.2) is 159 Å². The number of Topliss-reactive ketones (excluding diaryl/α,β-unsaturated/α-hetero) is 1. The highest BCUT2D eigenvalue weighted by atomic mass is 32.2. The van der Waals surface area contributed by atoms with Gasteiger partial charge in [-0.2, -0.15) is 0 Å². The summed E-state index contributed by atoms with van der Waals surface area (Å²) in [4.78, 5) is 31.4. The number of ether oxygens (including phenoxy) is 7. The van der Waals surface area contributed by atoms with Crippen LogP contribution in [0.1, 0.15) is 100 Å². The zero-order valence-electron chi connectivity index (χ0n) is 39.8. The van der Waals surface area contributed by atoms with Crippen LogP contribution in [0, 0.1) is 23.7 Å². The van der Waals surface area contributed by atoms with E-state index in [4.69, 9.17) is 33.2 Å². The first kappa shape index (κ1) is 52.7. The molecule has 0 aromatic heterocycles. The number of likely N-dealkylation sites (N-methyl/N-ethyl adjacent to an activating group) is 1. The van der Waals surface area contributed by atoms with E-state index in [9.17, 15) is 34.2 Å². The van der Waals surface area contributed by atoms with Crippen molar-refractivity contribution in [3.63, 3.8) is 0 Å². The second kappa shape index (κ2) is 20.7. The topological polar surface area (TPSA) is 200 Å². The molecule has 4 N–H and O–H groups in total. The predicted molar refractivity (Wildman–Crippen MR) is 235 cm³/mol. The summed E-state index contributed by atoms with van der Waals surface area (Å²) in [5.74, 6) is -4.70. The number of rotatable bonds is 11. The molecular formula is C46H79NO14S. The number of hydrogen-bond donors (Lipinski definition) is 5. The van der Waals surface area contributed by atoms with E-state index in [0.717, 1.165) is 10.5 Å².